The summed E-state index contributed by atoms with van der Waals surface area (Å²) in [4.78, 5) is 4.61. The number of aromatic amines is 1. The van der Waals surface area contributed by atoms with Crippen molar-refractivity contribution in [3.63, 3.8) is 0 Å². The number of H-pyrrole nitrogens is 1. The van der Waals surface area contributed by atoms with Crippen LogP contribution in [0.5, 0.6) is 0 Å². The maximum absolute atomic E-state index is 11.9. The van der Waals surface area contributed by atoms with E-state index in [-0.39, 0.29) is 62.0 Å². The average Bonchev–Trinajstić information content (AvgIpc) is 2.45. The van der Waals surface area contributed by atoms with Crippen LogP contribution in [0, 0.1) is 22.7 Å². The molecular weight excluding hydrogens is 231 g/mol. The smallest absolute Gasteiger partial charge is 1.00 e. The molecule has 1 N–H and O–H groups in total. The number of nitrogens with one attached hydrogen (secondary N) is 1. The maximum Gasteiger partial charge on any atom is 1.00 e. The molecular formula is C6H3F3N4Na2. The third-order valence-electron chi connectivity index (χ3n) is 1.19. The van der Waals surface area contributed by atoms with Crippen molar-refractivity contribution < 1.29 is 75.1 Å². The number of aromatic nitrogens is 2. The first-order valence-corrected chi connectivity index (χ1v) is 2.96. The number of nitriles is 2. The quantitative estimate of drug-likeness (QED) is 0.459. The topological polar surface area (TPSA) is 76.3 Å². The predicted molar refractivity (Wildman–Crippen MR) is 35.2 cm³/mol. The molecule has 0 amide bonds. The van der Waals surface area contributed by atoms with E-state index in [1.807, 2.05) is 0 Å². The Morgan fingerprint density at radius 1 is 1.20 bits per heavy atom. The summed E-state index contributed by atoms with van der Waals surface area (Å²) in [7, 11) is 0. The zero-order valence-electron chi connectivity index (χ0n) is 9.98. The number of rotatable bonds is 0. The van der Waals surface area contributed by atoms with Gasteiger partial charge in [0.2, 0.25) is 5.82 Å². The van der Waals surface area contributed by atoms with Gasteiger partial charge in [0.05, 0.1) is 0 Å². The Balaban J connectivity index is -0.000000211. The molecule has 0 saturated carbocycles. The SMILES string of the molecule is N#Cc1nc(C(F)(F)F)[nH]c1C#N.[H-].[H-].[Na+].[Na+]. The molecule has 15 heavy (non-hydrogen) atoms. The van der Waals surface area contributed by atoms with Crippen LogP contribution in [-0.4, -0.2) is 9.97 Å². The van der Waals surface area contributed by atoms with Crippen LogP contribution in [0.2, 0.25) is 0 Å². The molecule has 9 heteroatoms. The van der Waals surface area contributed by atoms with Crippen molar-refractivity contribution >= 4 is 0 Å². The summed E-state index contributed by atoms with van der Waals surface area (Å²) in [5, 5.41) is 16.6. The van der Waals surface area contributed by atoms with Crippen LogP contribution in [0.25, 0.3) is 0 Å². The summed E-state index contributed by atoms with van der Waals surface area (Å²) in [5.74, 6) is -1.33. The summed E-state index contributed by atoms with van der Waals surface area (Å²) in [6, 6.07) is 2.77. The molecule has 4 nitrogen and oxygen atoms in total. The second-order valence-electron chi connectivity index (χ2n) is 2.03. The summed E-state index contributed by atoms with van der Waals surface area (Å²) in [6.07, 6.45) is -4.67. The molecule has 0 atom stereocenters. The zero-order valence-corrected chi connectivity index (χ0v) is 12.0. The van der Waals surface area contributed by atoms with E-state index < -0.39 is 23.4 Å². The fraction of sp³-hybridized carbons (Fsp3) is 0.167. The van der Waals surface area contributed by atoms with Crippen molar-refractivity contribution in [2.45, 2.75) is 6.18 Å². The van der Waals surface area contributed by atoms with Gasteiger partial charge in [-0.1, -0.05) is 0 Å². The third-order valence-corrected chi connectivity index (χ3v) is 1.19. The third kappa shape index (κ3) is 4.15. The van der Waals surface area contributed by atoms with Gasteiger partial charge in [-0.15, -0.1) is 0 Å². The van der Waals surface area contributed by atoms with Crippen molar-refractivity contribution in [2.75, 3.05) is 0 Å². The van der Waals surface area contributed by atoms with E-state index in [1.165, 1.54) is 12.1 Å². The zero-order chi connectivity index (χ0) is 10.1. The van der Waals surface area contributed by atoms with E-state index in [0.717, 1.165) is 0 Å². The first-order valence-electron chi connectivity index (χ1n) is 2.96. The molecule has 0 spiro atoms. The van der Waals surface area contributed by atoms with Crippen LogP contribution in [0.4, 0.5) is 13.2 Å². The first kappa shape index (κ1) is 17.4. The predicted octanol–water partition coefficient (Wildman–Crippen LogP) is -4.60. The van der Waals surface area contributed by atoms with Gasteiger partial charge in [0.25, 0.3) is 0 Å². The molecule has 1 aromatic heterocycles. The maximum atomic E-state index is 11.9. The van der Waals surface area contributed by atoms with Crippen LogP contribution in [-0.2, 0) is 6.18 Å². The van der Waals surface area contributed by atoms with Crippen LogP contribution < -0.4 is 59.1 Å². The van der Waals surface area contributed by atoms with Crippen molar-refractivity contribution in [3.8, 4) is 12.1 Å². The standard InChI is InChI=1S/C6HF3N4.2Na.2H/c7-6(8,9)5-12-3(1-10)4(2-11)13-5;;;;/h(H,12,13);;;;/q;2*+1;2*-1. The molecule has 0 saturated heterocycles. The number of halogens is 3. The number of alkyl halides is 3. The number of nitrogens with zero attached hydrogens (tertiary/aromatic N) is 3. The normalized spacial score (nSPS) is 9.13. The Morgan fingerprint density at radius 3 is 2.00 bits per heavy atom. The first-order chi connectivity index (χ1) is 5.99. The largest absolute Gasteiger partial charge is 1.00 e. The Bertz CT molecular complexity index is 389. The molecule has 0 aromatic carbocycles. The molecule has 1 rings (SSSR count). The molecule has 0 aliphatic heterocycles. The van der Waals surface area contributed by atoms with Crippen LogP contribution >= 0.6 is 0 Å². The Hall–Kier alpha value is -0.0200. The molecule has 0 aliphatic rings. The number of imidazole rings is 1. The van der Waals surface area contributed by atoms with Crippen molar-refractivity contribution in [1.82, 2.24) is 9.97 Å². The number of hydrogen-bond donors (Lipinski definition) is 1. The molecule has 70 valence electrons. The molecule has 0 radical (unpaired) electrons. The van der Waals surface area contributed by atoms with E-state index in [0.29, 0.717) is 0 Å². The molecule has 0 bridgehead atoms. The van der Waals surface area contributed by atoms with Gasteiger partial charge in [-0.3, -0.25) is 0 Å². The van der Waals surface area contributed by atoms with E-state index in [9.17, 15) is 13.2 Å². The molecule has 0 fully saturated rings. The van der Waals surface area contributed by atoms with Gasteiger partial charge < -0.3 is 7.84 Å². The minimum Gasteiger partial charge on any atom is -1.00 e. The van der Waals surface area contributed by atoms with E-state index in [4.69, 9.17) is 10.5 Å². The molecule has 0 aliphatic carbocycles. The summed E-state index contributed by atoms with van der Waals surface area (Å²) in [5.41, 5.74) is -1.02. The van der Waals surface area contributed by atoms with Gasteiger partial charge in [-0.05, 0) is 0 Å². The van der Waals surface area contributed by atoms with Crippen LogP contribution in [0.1, 0.15) is 20.1 Å². The van der Waals surface area contributed by atoms with Gasteiger partial charge in [-0.2, -0.15) is 23.7 Å². The molecule has 1 heterocycles. The number of hydrogen-bond acceptors (Lipinski definition) is 3. The van der Waals surface area contributed by atoms with Gasteiger partial charge in [0.15, 0.2) is 11.4 Å². The van der Waals surface area contributed by atoms with E-state index in [2.05, 4.69) is 4.98 Å². The van der Waals surface area contributed by atoms with Gasteiger partial charge in [-0.25, -0.2) is 4.98 Å². The Kier molecular flexibility index (Phi) is 7.57. The summed E-state index contributed by atoms with van der Waals surface area (Å²) < 4.78 is 35.8. The van der Waals surface area contributed by atoms with Gasteiger partial charge in [0, 0.05) is 0 Å². The van der Waals surface area contributed by atoms with Crippen molar-refractivity contribution in [3.05, 3.63) is 17.2 Å². The van der Waals surface area contributed by atoms with Crippen molar-refractivity contribution in [2.24, 2.45) is 0 Å². The van der Waals surface area contributed by atoms with E-state index >= 15 is 0 Å². The summed E-state index contributed by atoms with van der Waals surface area (Å²) >= 11 is 0. The minimum atomic E-state index is -4.67. The molecule has 1 aromatic rings. The fourth-order valence-electron chi connectivity index (χ4n) is 0.669. The average molecular weight is 234 g/mol. The van der Waals surface area contributed by atoms with Gasteiger partial charge in [0.1, 0.15) is 12.1 Å². The molecule has 0 unspecified atom stereocenters. The fourth-order valence-corrected chi connectivity index (χ4v) is 0.669. The Labute approximate surface area is 130 Å². The Morgan fingerprint density at radius 2 is 1.73 bits per heavy atom. The van der Waals surface area contributed by atoms with Crippen LogP contribution in [0.15, 0.2) is 0 Å². The van der Waals surface area contributed by atoms with Crippen LogP contribution in [0.3, 0.4) is 0 Å². The summed E-state index contributed by atoms with van der Waals surface area (Å²) in [6.45, 7) is 0. The minimum absolute atomic E-state index is 0. The second kappa shape index (κ2) is 6.54. The van der Waals surface area contributed by atoms with Gasteiger partial charge >= 0.3 is 65.3 Å². The van der Waals surface area contributed by atoms with E-state index in [1.54, 1.807) is 4.98 Å². The monoisotopic (exact) mass is 234 g/mol. The second-order valence-corrected chi connectivity index (χ2v) is 2.03. The van der Waals surface area contributed by atoms with Crippen molar-refractivity contribution in [1.29, 1.82) is 10.5 Å².